The first-order chi connectivity index (χ1) is 18.9. The lowest BCUT2D eigenvalue weighted by molar-refractivity contribution is -0.140. The van der Waals surface area contributed by atoms with Gasteiger partial charge in [0.1, 0.15) is 12.6 Å². The van der Waals surface area contributed by atoms with Crippen molar-refractivity contribution in [1.82, 2.24) is 14.5 Å². The van der Waals surface area contributed by atoms with Gasteiger partial charge in [0.25, 0.3) is 0 Å². The van der Waals surface area contributed by atoms with Gasteiger partial charge in [0.05, 0.1) is 5.69 Å². The minimum Gasteiger partial charge on any atom is -0.355 e. The second-order valence-corrected chi connectivity index (χ2v) is 12.3. The highest BCUT2D eigenvalue weighted by atomic mass is 35.5. The molecule has 1 N–H and O–H groups in total. The van der Waals surface area contributed by atoms with E-state index in [1.165, 1.54) is 19.0 Å². The lowest BCUT2D eigenvalue weighted by Crippen LogP contribution is -2.54. The van der Waals surface area contributed by atoms with Crippen LogP contribution >= 0.6 is 11.6 Å². The fourth-order valence-corrected chi connectivity index (χ4v) is 5.69. The molecule has 0 saturated heterocycles. The van der Waals surface area contributed by atoms with Gasteiger partial charge in [-0.15, -0.1) is 0 Å². The van der Waals surface area contributed by atoms with Gasteiger partial charge in [0.15, 0.2) is 0 Å². The summed E-state index contributed by atoms with van der Waals surface area (Å²) in [6, 6.07) is 21.0. The van der Waals surface area contributed by atoms with Crippen LogP contribution in [-0.2, 0) is 32.8 Å². The van der Waals surface area contributed by atoms with Gasteiger partial charge in [-0.05, 0) is 61.2 Å². The molecule has 214 valence electrons. The number of nitrogens with zero attached hydrogens (tertiary/aromatic N) is 3. The Kier molecular flexibility index (Phi) is 10.7. The third kappa shape index (κ3) is 7.84. The summed E-state index contributed by atoms with van der Waals surface area (Å²) in [6.45, 7) is 5.43. The van der Waals surface area contributed by atoms with E-state index in [1.54, 1.807) is 31.2 Å². The topological polar surface area (TPSA) is 90.0 Å². The number of carbonyl (C=O) groups excluding carboxylic acids is 2. The molecule has 0 aromatic heterocycles. The summed E-state index contributed by atoms with van der Waals surface area (Å²) in [5.74, 6) is -0.839. The number of hydrogen-bond acceptors (Lipinski definition) is 4. The lowest BCUT2D eigenvalue weighted by atomic mass is 10.0. The van der Waals surface area contributed by atoms with Crippen molar-refractivity contribution in [3.05, 3.63) is 100 Å². The summed E-state index contributed by atoms with van der Waals surface area (Å²) in [6.07, 6.45) is 0.253. The molecule has 0 unspecified atom stereocenters. The first kappa shape index (κ1) is 31.1. The van der Waals surface area contributed by atoms with Crippen molar-refractivity contribution in [3.63, 3.8) is 0 Å². The molecule has 0 spiro atoms. The van der Waals surface area contributed by atoms with E-state index in [1.807, 2.05) is 62.4 Å². The second kappa shape index (κ2) is 13.8. The highest BCUT2D eigenvalue weighted by Crippen LogP contribution is 2.26. The van der Waals surface area contributed by atoms with Crippen LogP contribution in [0.25, 0.3) is 0 Å². The van der Waals surface area contributed by atoms with Gasteiger partial charge in [-0.2, -0.15) is 12.7 Å². The fraction of sp³-hybridized carbons (Fsp3) is 0.333. The molecule has 40 heavy (non-hydrogen) atoms. The normalized spacial score (nSPS) is 12.2. The van der Waals surface area contributed by atoms with Gasteiger partial charge in [-0.3, -0.25) is 9.59 Å². The molecule has 0 aliphatic carbocycles. The zero-order valence-corrected chi connectivity index (χ0v) is 25.2. The number of amides is 2. The molecule has 0 radical (unpaired) electrons. The predicted molar refractivity (Wildman–Crippen MR) is 160 cm³/mol. The largest absolute Gasteiger partial charge is 0.355 e. The highest BCUT2D eigenvalue weighted by Gasteiger charge is 2.35. The van der Waals surface area contributed by atoms with Crippen LogP contribution in [0.2, 0.25) is 5.02 Å². The van der Waals surface area contributed by atoms with Gasteiger partial charge >= 0.3 is 10.2 Å². The Morgan fingerprint density at radius 2 is 1.60 bits per heavy atom. The summed E-state index contributed by atoms with van der Waals surface area (Å²) >= 11 is 6.24. The van der Waals surface area contributed by atoms with Crippen LogP contribution in [0.1, 0.15) is 29.2 Å². The first-order valence-electron chi connectivity index (χ1n) is 13.1. The molecule has 0 aliphatic heterocycles. The zero-order valence-electron chi connectivity index (χ0n) is 23.6. The number of halogens is 1. The van der Waals surface area contributed by atoms with Crippen LogP contribution < -0.4 is 9.62 Å². The van der Waals surface area contributed by atoms with Gasteiger partial charge in [0.2, 0.25) is 11.8 Å². The summed E-state index contributed by atoms with van der Waals surface area (Å²) in [5, 5.41) is 3.34. The van der Waals surface area contributed by atoms with Crippen molar-refractivity contribution in [1.29, 1.82) is 0 Å². The number of nitrogens with one attached hydrogen (secondary N) is 1. The smallest absolute Gasteiger partial charge is 0.304 e. The van der Waals surface area contributed by atoms with Crippen molar-refractivity contribution in [2.24, 2.45) is 0 Å². The van der Waals surface area contributed by atoms with Crippen molar-refractivity contribution in [3.8, 4) is 0 Å². The van der Waals surface area contributed by atoms with E-state index in [0.717, 1.165) is 25.3 Å². The van der Waals surface area contributed by atoms with Crippen LogP contribution in [0.5, 0.6) is 0 Å². The van der Waals surface area contributed by atoms with E-state index in [2.05, 4.69) is 5.32 Å². The summed E-state index contributed by atoms with van der Waals surface area (Å²) in [5.41, 5.74) is 3.55. The van der Waals surface area contributed by atoms with E-state index < -0.39 is 28.7 Å². The third-order valence-electron chi connectivity index (χ3n) is 6.52. The fourth-order valence-electron chi connectivity index (χ4n) is 4.37. The molecular weight excluding hydrogens is 548 g/mol. The molecule has 0 heterocycles. The lowest BCUT2D eigenvalue weighted by Gasteiger charge is -2.34. The molecule has 0 fully saturated rings. The van der Waals surface area contributed by atoms with Crippen LogP contribution in [0.3, 0.4) is 0 Å². The van der Waals surface area contributed by atoms with Gasteiger partial charge in [-0.1, -0.05) is 66.2 Å². The molecule has 3 aromatic rings. The maximum Gasteiger partial charge on any atom is 0.304 e. The molecule has 2 amide bonds. The number of carbonyl (C=O) groups is 2. The molecule has 1 atom stereocenters. The number of rotatable bonds is 12. The Bertz CT molecular complexity index is 1430. The maximum absolute atomic E-state index is 14.2. The van der Waals surface area contributed by atoms with E-state index in [9.17, 15) is 18.0 Å². The van der Waals surface area contributed by atoms with Gasteiger partial charge in [0, 0.05) is 38.6 Å². The average Bonchev–Trinajstić information content (AvgIpc) is 2.91. The van der Waals surface area contributed by atoms with E-state index in [-0.39, 0.29) is 18.9 Å². The number of aryl methyl sites for hydroxylation is 2. The van der Waals surface area contributed by atoms with E-state index >= 15 is 0 Å². The van der Waals surface area contributed by atoms with Crippen LogP contribution in [0, 0.1) is 13.8 Å². The average molecular weight is 585 g/mol. The van der Waals surface area contributed by atoms with Crippen molar-refractivity contribution < 1.29 is 18.0 Å². The Hall–Kier alpha value is -3.40. The van der Waals surface area contributed by atoms with Crippen molar-refractivity contribution in [2.75, 3.05) is 31.5 Å². The monoisotopic (exact) mass is 584 g/mol. The summed E-state index contributed by atoms with van der Waals surface area (Å²) < 4.78 is 29.3. The Labute approximate surface area is 242 Å². The van der Waals surface area contributed by atoms with Crippen molar-refractivity contribution in [2.45, 2.75) is 39.8 Å². The quantitative estimate of drug-likeness (QED) is 0.343. The second-order valence-electron chi connectivity index (χ2n) is 9.84. The SMILES string of the molecule is CCNC(=O)[C@H](Cc1ccccc1)N(Cc1cccc(Cl)c1)C(=O)CN(c1cc(C)ccc1C)S(=O)(=O)N(C)C. The molecule has 8 nitrogen and oxygen atoms in total. The highest BCUT2D eigenvalue weighted by molar-refractivity contribution is 7.90. The minimum atomic E-state index is -4.06. The third-order valence-corrected chi connectivity index (χ3v) is 8.56. The molecule has 0 aliphatic rings. The van der Waals surface area contributed by atoms with Gasteiger partial charge < -0.3 is 10.2 Å². The Morgan fingerprint density at radius 1 is 0.925 bits per heavy atom. The Balaban J connectivity index is 2.11. The zero-order chi connectivity index (χ0) is 29.4. The predicted octanol–water partition coefficient (Wildman–Crippen LogP) is 4.35. The van der Waals surface area contributed by atoms with E-state index in [4.69, 9.17) is 11.6 Å². The van der Waals surface area contributed by atoms with Crippen molar-refractivity contribution >= 4 is 39.3 Å². The van der Waals surface area contributed by atoms with E-state index in [0.29, 0.717) is 22.8 Å². The molecule has 0 bridgehead atoms. The summed E-state index contributed by atoms with van der Waals surface area (Å²) in [7, 11) is -1.21. The number of hydrogen-bond donors (Lipinski definition) is 1. The van der Waals surface area contributed by atoms with Gasteiger partial charge in [-0.25, -0.2) is 4.31 Å². The minimum absolute atomic E-state index is 0.0662. The molecule has 0 saturated carbocycles. The number of benzene rings is 3. The van der Waals surface area contributed by atoms with Crippen LogP contribution in [0.15, 0.2) is 72.8 Å². The molecule has 10 heteroatoms. The summed E-state index contributed by atoms with van der Waals surface area (Å²) in [4.78, 5) is 29.1. The molecular formula is C30H37ClN4O4S. The Morgan fingerprint density at radius 3 is 2.23 bits per heavy atom. The van der Waals surface area contributed by atoms with Crippen LogP contribution in [-0.4, -0.2) is 62.7 Å². The number of likely N-dealkylation sites (N-methyl/N-ethyl adjacent to an activating group) is 1. The standard InChI is InChI=1S/C30H37ClN4O4S/c1-6-32-30(37)28(19-24-11-8-7-9-12-24)34(20-25-13-10-14-26(31)18-25)29(36)21-35(40(38,39)33(4)5)27-17-22(2)15-16-23(27)3/h7-18,28H,6,19-21H2,1-5H3,(H,32,37)/t28-/m0/s1. The number of anilines is 1. The van der Waals surface area contributed by atoms with Crippen LogP contribution in [0.4, 0.5) is 5.69 Å². The first-order valence-corrected chi connectivity index (χ1v) is 14.8. The molecule has 3 aromatic carbocycles. The molecule has 3 rings (SSSR count). The maximum atomic E-state index is 14.2.